The van der Waals surface area contributed by atoms with E-state index in [4.69, 9.17) is 4.74 Å². The average Bonchev–Trinajstić information content (AvgIpc) is 2.37. The molecule has 5 nitrogen and oxygen atoms in total. The van der Waals surface area contributed by atoms with E-state index in [-0.39, 0.29) is 11.9 Å². The number of hydrogen-bond acceptors (Lipinski definition) is 4. The fraction of sp³-hybridized carbons (Fsp3) is 0.214. The Bertz CT molecular complexity index is 639. The lowest BCUT2D eigenvalue weighted by molar-refractivity contribution is 0.102. The molecule has 1 amide bonds. The van der Waals surface area contributed by atoms with E-state index in [1.165, 1.54) is 7.11 Å². The Morgan fingerprint density at radius 2 is 1.85 bits per heavy atom. The summed E-state index contributed by atoms with van der Waals surface area (Å²) < 4.78 is 6.04. The quantitative estimate of drug-likeness (QED) is 0.935. The Kier molecular flexibility index (Phi) is 4.34. The summed E-state index contributed by atoms with van der Waals surface area (Å²) in [5, 5.41) is 2.68. The molecule has 0 unspecified atom stereocenters. The minimum atomic E-state index is -0.306. The molecule has 0 bridgehead atoms. The molecule has 0 spiro atoms. The predicted molar refractivity (Wildman–Crippen MR) is 80.2 cm³/mol. The Morgan fingerprint density at radius 1 is 1.20 bits per heavy atom. The van der Waals surface area contributed by atoms with Crippen molar-refractivity contribution < 1.29 is 9.53 Å². The van der Waals surface area contributed by atoms with Crippen molar-refractivity contribution in [2.75, 3.05) is 12.4 Å². The van der Waals surface area contributed by atoms with Crippen molar-refractivity contribution in [1.29, 1.82) is 0 Å². The van der Waals surface area contributed by atoms with Gasteiger partial charge in [-0.25, -0.2) is 9.97 Å². The van der Waals surface area contributed by atoms with Crippen LogP contribution < -0.4 is 10.1 Å². The third kappa shape index (κ3) is 3.33. The van der Waals surface area contributed by atoms with Crippen LogP contribution in [0, 0.1) is 13.8 Å². The van der Waals surface area contributed by atoms with Crippen LogP contribution in [-0.4, -0.2) is 23.0 Å². The van der Waals surface area contributed by atoms with Crippen molar-refractivity contribution in [3.63, 3.8) is 0 Å². The van der Waals surface area contributed by atoms with Crippen LogP contribution in [0.5, 0.6) is 5.75 Å². The van der Waals surface area contributed by atoms with Crippen molar-refractivity contribution in [2.45, 2.75) is 13.8 Å². The maximum atomic E-state index is 12.2. The fourth-order valence-electron chi connectivity index (χ4n) is 1.80. The summed E-state index contributed by atoms with van der Waals surface area (Å²) in [5.74, 6) is 0.470. The number of amides is 1. The summed E-state index contributed by atoms with van der Waals surface area (Å²) in [4.78, 5) is 20.6. The van der Waals surface area contributed by atoms with Crippen LogP contribution in [0.3, 0.4) is 0 Å². The summed E-state index contributed by atoms with van der Waals surface area (Å²) in [6, 6.07) is 7.04. The first-order valence-corrected chi connectivity index (χ1v) is 6.76. The van der Waals surface area contributed by atoms with E-state index in [0.29, 0.717) is 11.3 Å². The Labute approximate surface area is 125 Å². The number of nitrogens with zero attached hydrogens (tertiary/aromatic N) is 2. The second kappa shape index (κ2) is 6.00. The molecule has 0 radical (unpaired) electrons. The van der Waals surface area contributed by atoms with Crippen molar-refractivity contribution >= 4 is 27.8 Å². The molecule has 1 N–H and O–H groups in total. The van der Waals surface area contributed by atoms with Crippen molar-refractivity contribution in [3.8, 4) is 5.75 Å². The number of aromatic nitrogens is 2. The molecule has 0 aliphatic heterocycles. The number of ether oxygens (including phenoxy) is 1. The highest BCUT2D eigenvalue weighted by molar-refractivity contribution is 9.10. The van der Waals surface area contributed by atoms with E-state index in [2.05, 4.69) is 31.2 Å². The van der Waals surface area contributed by atoms with Gasteiger partial charge in [-0.3, -0.25) is 10.1 Å². The SMILES string of the molecule is COc1cc(Br)ccc1C(=O)Nc1nc(C)cc(C)n1. The van der Waals surface area contributed by atoms with Gasteiger partial charge in [0.1, 0.15) is 5.75 Å². The molecule has 0 saturated carbocycles. The fourth-order valence-corrected chi connectivity index (χ4v) is 2.14. The monoisotopic (exact) mass is 335 g/mol. The van der Waals surface area contributed by atoms with Crippen molar-refractivity contribution in [3.05, 3.63) is 45.7 Å². The Balaban J connectivity index is 2.28. The molecule has 1 aromatic carbocycles. The van der Waals surface area contributed by atoms with Gasteiger partial charge in [-0.2, -0.15) is 0 Å². The third-order valence-corrected chi connectivity index (χ3v) is 3.11. The summed E-state index contributed by atoms with van der Waals surface area (Å²) in [6.45, 7) is 3.70. The Morgan fingerprint density at radius 3 is 2.45 bits per heavy atom. The molecule has 0 fully saturated rings. The smallest absolute Gasteiger partial charge is 0.261 e. The van der Waals surface area contributed by atoms with Crippen LogP contribution in [0.15, 0.2) is 28.7 Å². The third-order valence-electron chi connectivity index (χ3n) is 2.62. The second-order valence-corrected chi connectivity index (χ2v) is 5.19. The van der Waals surface area contributed by atoms with Gasteiger partial charge in [0.15, 0.2) is 0 Å². The van der Waals surface area contributed by atoms with Gasteiger partial charge in [0.2, 0.25) is 5.95 Å². The number of halogens is 1. The van der Waals surface area contributed by atoms with Gasteiger partial charge in [-0.15, -0.1) is 0 Å². The lowest BCUT2D eigenvalue weighted by atomic mass is 10.2. The number of methoxy groups -OCH3 is 1. The predicted octanol–water partition coefficient (Wildman–Crippen LogP) is 3.12. The Hall–Kier alpha value is -1.95. The molecule has 1 aromatic heterocycles. The van der Waals surface area contributed by atoms with Crippen molar-refractivity contribution in [2.24, 2.45) is 0 Å². The first-order valence-electron chi connectivity index (χ1n) is 5.97. The summed E-state index contributed by atoms with van der Waals surface area (Å²) in [5.41, 5.74) is 2.03. The number of rotatable bonds is 3. The maximum absolute atomic E-state index is 12.2. The van der Waals surface area contributed by atoms with Crippen LogP contribution in [0.4, 0.5) is 5.95 Å². The normalized spacial score (nSPS) is 10.2. The number of hydrogen-bond donors (Lipinski definition) is 1. The lowest BCUT2D eigenvalue weighted by Gasteiger charge is -2.09. The average molecular weight is 336 g/mol. The van der Waals surface area contributed by atoms with Gasteiger partial charge in [-0.1, -0.05) is 15.9 Å². The molecule has 20 heavy (non-hydrogen) atoms. The zero-order chi connectivity index (χ0) is 14.7. The zero-order valence-corrected chi connectivity index (χ0v) is 13.0. The van der Waals surface area contributed by atoms with Crippen LogP contribution in [0.25, 0.3) is 0 Å². The van der Waals surface area contributed by atoms with Crippen LogP contribution in [0.1, 0.15) is 21.7 Å². The molecule has 6 heteroatoms. The number of carbonyl (C=O) groups is 1. The molecular formula is C14H14BrN3O2. The largest absolute Gasteiger partial charge is 0.496 e. The van der Waals surface area contributed by atoms with E-state index in [0.717, 1.165) is 15.9 Å². The topological polar surface area (TPSA) is 64.1 Å². The van der Waals surface area contributed by atoms with Gasteiger partial charge in [-0.05, 0) is 38.1 Å². The maximum Gasteiger partial charge on any atom is 0.261 e. The molecule has 2 rings (SSSR count). The summed E-state index contributed by atoms with van der Waals surface area (Å²) in [6.07, 6.45) is 0. The van der Waals surface area contributed by atoms with Crippen LogP contribution in [0.2, 0.25) is 0 Å². The van der Waals surface area contributed by atoms with E-state index in [1.807, 2.05) is 19.9 Å². The minimum absolute atomic E-state index is 0.289. The number of benzene rings is 1. The van der Waals surface area contributed by atoms with Gasteiger partial charge in [0, 0.05) is 15.9 Å². The standard InChI is InChI=1S/C14H14BrN3O2/c1-8-6-9(2)17-14(16-8)18-13(19)11-5-4-10(15)7-12(11)20-3/h4-7H,1-3H3,(H,16,17,18,19). The molecule has 0 aliphatic rings. The number of anilines is 1. The van der Waals surface area contributed by atoms with E-state index in [1.54, 1.807) is 18.2 Å². The van der Waals surface area contributed by atoms with Crippen LogP contribution in [-0.2, 0) is 0 Å². The van der Waals surface area contributed by atoms with E-state index in [9.17, 15) is 4.79 Å². The lowest BCUT2D eigenvalue weighted by Crippen LogP contribution is -2.15. The number of carbonyl (C=O) groups excluding carboxylic acids is 1. The van der Waals surface area contributed by atoms with E-state index >= 15 is 0 Å². The number of nitrogens with one attached hydrogen (secondary N) is 1. The molecule has 0 aliphatic carbocycles. The molecular weight excluding hydrogens is 322 g/mol. The van der Waals surface area contributed by atoms with E-state index < -0.39 is 0 Å². The molecule has 2 aromatic rings. The first-order chi connectivity index (χ1) is 9.49. The van der Waals surface area contributed by atoms with Gasteiger partial charge < -0.3 is 4.74 Å². The summed E-state index contributed by atoms with van der Waals surface area (Å²) in [7, 11) is 1.52. The highest BCUT2D eigenvalue weighted by Gasteiger charge is 2.14. The molecule has 0 atom stereocenters. The second-order valence-electron chi connectivity index (χ2n) is 4.27. The highest BCUT2D eigenvalue weighted by atomic mass is 79.9. The highest BCUT2D eigenvalue weighted by Crippen LogP contribution is 2.24. The van der Waals surface area contributed by atoms with Gasteiger partial charge >= 0.3 is 0 Å². The molecule has 1 heterocycles. The minimum Gasteiger partial charge on any atom is -0.496 e. The molecule has 104 valence electrons. The van der Waals surface area contributed by atoms with Crippen molar-refractivity contribution in [1.82, 2.24) is 9.97 Å². The van der Waals surface area contributed by atoms with Gasteiger partial charge in [0.05, 0.1) is 12.7 Å². The van der Waals surface area contributed by atoms with Crippen LogP contribution >= 0.6 is 15.9 Å². The first kappa shape index (κ1) is 14.5. The zero-order valence-electron chi connectivity index (χ0n) is 11.4. The number of aryl methyl sites for hydroxylation is 2. The molecule has 0 saturated heterocycles. The van der Waals surface area contributed by atoms with Gasteiger partial charge in [0.25, 0.3) is 5.91 Å². The summed E-state index contributed by atoms with van der Waals surface area (Å²) >= 11 is 3.34.